The van der Waals surface area contributed by atoms with E-state index in [4.69, 9.17) is 5.73 Å². The van der Waals surface area contributed by atoms with Gasteiger partial charge in [-0.05, 0) is 29.7 Å². The van der Waals surface area contributed by atoms with E-state index in [1.165, 1.54) is 17.7 Å². The first-order valence-corrected chi connectivity index (χ1v) is 7.96. The second kappa shape index (κ2) is 8.27. The molecule has 1 aliphatic heterocycles. The van der Waals surface area contributed by atoms with Crippen LogP contribution >= 0.6 is 12.4 Å². The summed E-state index contributed by atoms with van der Waals surface area (Å²) in [6, 6.07) is 16.4. The van der Waals surface area contributed by atoms with Gasteiger partial charge in [-0.15, -0.1) is 12.4 Å². The number of carbonyl (C=O) groups is 1. The zero-order valence-electron chi connectivity index (χ0n) is 13.4. The Balaban J connectivity index is 0.00000208. The van der Waals surface area contributed by atoms with Crippen molar-refractivity contribution in [3.05, 3.63) is 71.5 Å². The van der Waals surface area contributed by atoms with Crippen LogP contribution in [0.4, 0.5) is 4.39 Å². The van der Waals surface area contributed by atoms with Gasteiger partial charge in [0.2, 0.25) is 5.91 Å². The maximum Gasteiger partial charge on any atom is 0.222 e. The van der Waals surface area contributed by atoms with Crippen LogP contribution in [0.2, 0.25) is 0 Å². The lowest BCUT2D eigenvalue weighted by Crippen LogP contribution is -2.32. The summed E-state index contributed by atoms with van der Waals surface area (Å²) in [6.45, 7) is 1.27. The van der Waals surface area contributed by atoms with Crippen molar-refractivity contribution in [2.24, 2.45) is 5.73 Å². The Morgan fingerprint density at radius 1 is 1.08 bits per heavy atom. The van der Waals surface area contributed by atoms with E-state index in [2.05, 4.69) is 12.1 Å². The van der Waals surface area contributed by atoms with Crippen LogP contribution in [0.25, 0.3) is 0 Å². The molecule has 24 heavy (non-hydrogen) atoms. The zero-order valence-corrected chi connectivity index (χ0v) is 14.2. The Morgan fingerprint density at radius 2 is 1.75 bits per heavy atom. The van der Waals surface area contributed by atoms with Crippen molar-refractivity contribution < 1.29 is 9.18 Å². The van der Waals surface area contributed by atoms with Crippen LogP contribution in [-0.2, 0) is 11.2 Å². The van der Waals surface area contributed by atoms with Crippen molar-refractivity contribution in [3.63, 3.8) is 0 Å². The molecule has 0 unspecified atom stereocenters. The molecule has 0 radical (unpaired) electrons. The predicted octanol–water partition coefficient (Wildman–Crippen LogP) is 3.13. The quantitative estimate of drug-likeness (QED) is 0.922. The summed E-state index contributed by atoms with van der Waals surface area (Å²) in [5.74, 6) is 0.0606. The first kappa shape index (κ1) is 18.4. The number of hydrogen-bond acceptors (Lipinski definition) is 2. The number of aryl methyl sites for hydroxylation is 1. The van der Waals surface area contributed by atoms with Crippen LogP contribution in [0.1, 0.15) is 23.5 Å². The molecular weight excluding hydrogens is 327 g/mol. The number of rotatable bonds is 4. The molecular formula is C19H22ClFN2O. The summed E-state index contributed by atoms with van der Waals surface area (Å²) < 4.78 is 12.9. The molecule has 1 fully saturated rings. The van der Waals surface area contributed by atoms with Gasteiger partial charge in [0.15, 0.2) is 0 Å². The number of nitrogens with two attached hydrogens (primary N) is 1. The van der Waals surface area contributed by atoms with Crippen molar-refractivity contribution in [1.82, 2.24) is 4.90 Å². The van der Waals surface area contributed by atoms with E-state index in [1.807, 2.05) is 23.1 Å². The molecule has 128 valence electrons. The van der Waals surface area contributed by atoms with Crippen molar-refractivity contribution in [3.8, 4) is 0 Å². The molecule has 2 aromatic rings. The molecule has 0 aliphatic carbocycles. The fraction of sp³-hybridized carbons (Fsp3) is 0.316. The first-order valence-electron chi connectivity index (χ1n) is 7.96. The molecule has 3 nitrogen and oxygen atoms in total. The number of benzene rings is 2. The number of hydrogen-bond donors (Lipinski definition) is 1. The summed E-state index contributed by atoms with van der Waals surface area (Å²) in [5.41, 5.74) is 8.39. The maximum absolute atomic E-state index is 12.9. The maximum atomic E-state index is 12.9. The molecule has 3 rings (SSSR count). The Labute approximate surface area is 148 Å². The van der Waals surface area contributed by atoms with Crippen molar-refractivity contribution >= 4 is 18.3 Å². The van der Waals surface area contributed by atoms with E-state index in [9.17, 15) is 9.18 Å². The highest BCUT2D eigenvalue weighted by Crippen LogP contribution is 2.26. The van der Waals surface area contributed by atoms with Crippen molar-refractivity contribution in [2.75, 3.05) is 13.1 Å². The molecule has 2 aromatic carbocycles. The zero-order chi connectivity index (χ0) is 16.2. The highest BCUT2D eigenvalue weighted by Gasteiger charge is 2.33. The summed E-state index contributed by atoms with van der Waals surface area (Å²) in [6.07, 6.45) is 1.06. The van der Waals surface area contributed by atoms with Gasteiger partial charge in [-0.2, -0.15) is 0 Å². The Bertz CT molecular complexity index is 663. The van der Waals surface area contributed by atoms with Gasteiger partial charge in [0.05, 0.1) is 0 Å². The fourth-order valence-corrected chi connectivity index (χ4v) is 3.15. The molecule has 0 saturated carbocycles. The average Bonchev–Trinajstić information content (AvgIpc) is 2.97. The Hall–Kier alpha value is -1.91. The molecule has 0 aromatic heterocycles. The molecule has 1 amide bonds. The average molecular weight is 349 g/mol. The minimum absolute atomic E-state index is 0. The van der Waals surface area contributed by atoms with Gasteiger partial charge in [0.1, 0.15) is 5.82 Å². The first-order chi connectivity index (χ1) is 11.1. The van der Waals surface area contributed by atoms with E-state index in [1.54, 1.807) is 12.1 Å². The molecule has 1 heterocycles. The molecule has 5 heteroatoms. The van der Waals surface area contributed by atoms with Gasteiger partial charge >= 0.3 is 0 Å². The summed E-state index contributed by atoms with van der Waals surface area (Å²) >= 11 is 0. The van der Waals surface area contributed by atoms with Gasteiger partial charge in [-0.1, -0.05) is 42.5 Å². The van der Waals surface area contributed by atoms with E-state index in [0.29, 0.717) is 25.9 Å². The number of nitrogens with zero attached hydrogens (tertiary/aromatic N) is 1. The minimum Gasteiger partial charge on any atom is -0.340 e. The van der Waals surface area contributed by atoms with Gasteiger partial charge in [0, 0.05) is 31.5 Å². The van der Waals surface area contributed by atoms with Crippen LogP contribution in [0, 0.1) is 5.82 Å². The lowest BCUT2D eigenvalue weighted by molar-refractivity contribution is -0.130. The third-order valence-corrected chi connectivity index (χ3v) is 4.49. The third kappa shape index (κ3) is 4.34. The van der Waals surface area contributed by atoms with Crippen LogP contribution < -0.4 is 5.73 Å². The number of halogens is 2. The highest BCUT2D eigenvalue weighted by molar-refractivity contribution is 5.85. The predicted molar refractivity (Wildman–Crippen MR) is 95.7 cm³/mol. The number of likely N-dealkylation sites (tertiary alicyclic amines) is 1. The van der Waals surface area contributed by atoms with Crippen molar-refractivity contribution in [1.29, 1.82) is 0 Å². The van der Waals surface area contributed by atoms with E-state index in [-0.39, 0.29) is 36.1 Å². The van der Waals surface area contributed by atoms with Crippen LogP contribution in [0.5, 0.6) is 0 Å². The van der Waals surface area contributed by atoms with Crippen LogP contribution in [-0.4, -0.2) is 29.9 Å². The molecule has 2 N–H and O–H groups in total. The molecule has 0 bridgehead atoms. The van der Waals surface area contributed by atoms with E-state index >= 15 is 0 Å². The topological polar surface area (TPSA) is 46.3 Å². The SMILES string of the molecule is Cl.N[C@@H]1CN(C(=O)CCc2ccc(F)cc2)C[C@H]1c1ccccc1. The smallest absolute Gasteiger partial charge is 0.222 e. The van der Waals surface area contributed by atoms with Crippen molar-refractivity contribution in [2.45, 2.75) is 24.8 Å². The van der Waals surface area contributed by atoms with E-state index < -0.39 is 0 Å². The van der Waals surface area contributed by atoms with Crippen LogP contribution in [0.15, 0.2) is 54.6 Å². The van der Waals surface area contributed by atoms with Gasteiger partial charge in [0.25, 0.3) is 0 Å². The van der Waals surface area contributed by atoms with Gasteiger partial charge in [-0.25, -0.2) is 4.39 Å². The summed E-state index contributed by atoms with van der Waals surface area (Å²) in [4.78, 5) is 14.3. The standard InChI is InChI=1S/C19H21FN2O.ClH/c20-16-9-6-14(7-10-16)8-11-19(23)22-12-17(18(21)13-22)15-4-2-1-3-5-15;/h1-7,9-10,17-18H,8,11-13,21H2;1H/t17-,18+;/m0./s1. The van der Waals surface area contributed by atoms with Crippen LogP contribution in [0.3, 0.4) is 0 Å². The minimum atomic E-state index is -0.253. The second-order valence-corrected chi connectivity index (χ2v) is 6.11. The largest absolute Gasteiger partial charge is 0.340 e. The summed E-state index contributed by atoms with van der Waals surface area (Å²) in [5, 5.41) is 0. The fourth-order valence-electron chi connectivity index (χ4n) is 3.15. The number of carbonyl (C=O) groups excluding carboxylic acids is 1. The highest BCUT2D eigenvalue weighted by atomic mass is 35.5. The summed E-state index contributed by atoms with van der Waals surface area (Å²) in [7, 11) is 0. The van der Waals surface area contributed by atoms with Gasteiger partial charge in [-0.3, -0.25) is 4.79 Å². The Kier molecular flexibility index (Phi) is 6.35. The normalized spacial score (nSPS) is 19.8. The molecule has 1 aliphatic rings. The third-order valence-electron chi connectivity index (χ3n) is 4.49. The Morgan fingerprint density at radius 3 is 2.42 bits per heavy atom. The second-order valence-electron chi connectivity index (χ2n) is 6.11. The van der Waals surface area contributed by atoms with Gasteiger partial charge < -0.3 is 10.6 Å². The van der Waals surface area contributed by atoms with E-state index in [0.717, 1.165) is 5.56 Å². The molecule has 1 saturated heterocycles. The lowest BCUT2D eigenvalue weighted by atomic mass is 9.95. The monoisotopic (exact) mass is 348 g/mol. The lowest BCUT2D eigenvalue weighted by Gasteiger charge is -2.16. The molecule has 0 spiro atoms. The number of amides is 1. The molecule has 2 atom stereocenters.